The summed E-state index contributed by atoms with van der Waals surface area (Å²) < 4.78 is 26.1. The minimum atomic E-state index is -2.65. The maximum absolute atomic E-state index is 12.7. The molecule has 0 aliphatic rings. The van der Waals surface area contributed by atoms with E-state index in [0.29, 0.717) is 4.34 Å². The van der Waals surface area contributed by atoms with Gasteiger partial charge in [0.2, 0.25) is 5.92 Å². The zero-order valence-electron chi connectivity index (χ0n) is 7.78. The predicted molar refractivity (Wildman–Crippen MR) is 61.0 cm³/mol. The molecule has 0 nitrogen and oxygen atoms in total. The van der Waals surface area contributed by atoms with Crippen LogP contribution in [-0.4, -0.2) is 5.92 Å². The zero-order chi connectivity index (χ0) is 10.9. The summed E-state index contributed by atoms with van der Waals surface area (Å²) in [6.45, 7) is 2.79. The van der Waals surface area contributed by atoms with Crippen LogP contribution in [0.15, 0.2) is 6.07 Å². The first-order valence-corrected chi connectivity index (χ1v) is 6.18. The van der Waals surface area contributed by atoms with Crippen LogP contribution in [0, 0.1) is 6.92 Å². The summed E-state index contributed by atoms with van der Waals surface area (Å²) in [7, 11) is 0. The third-order valence-corrected chi connectivity index (χ3v) is 4.51. The SMILES string of the molecule is Cc1cc(C(Br)CC(C)(F)F)sc1Cl. The summed E-state index contributed by atoms with van der Waals surface area (Å²) in [5.41, 5.74) is 0.940. The van der Waals surface area contributed by atoms with Crippen LogP contribution in [0.4, 0.5) is 8.78 Å². The van der Waals surface area contributed by atoms with Gasteiger partial charge in [-0.15, -0.1) is 11.3 Å². The minimum Gasteiger partial charge on any atom is -0.207 e. The molecule has 1 aromatic rings. The molecule has 0 spiro atoms. The quantitative estimate of drug-likeness (QED) is 0.674. The smallest absolute Gasteiger partial charge is 0.207 e. The van der Waals surface area contributed by atoms with Gasteiger partial charge >= 0.3 is 0 Å². The van der Waals surface area contributed by atoms with Crippen molar-refractivity contribution < 1.29 is 8.78 Å². The van der Waals surface area contributed by atoms with Crippen LogP contribution in [0.3, 0.4) is 0 Å². The van der Waals surface area contributed by atoms with Gasteiger partial charge in [0, 0.05) is 11.3 Å². The minimum absolute atomic E-state index is 0.205. The van der Waals surface area contributed by atoms with E-state index in [1.165, 1.54) is 11.3 Å². The van der Waals surface area contributed by atoms with E-state index >= 15 is 0 Å². The molecule has 0 bridgehead atoms. The van der Waals surface area contributed by atoms with Crippen molar-refractivity contribution in [3.05, 3.63) is 20.8 Å². The van der Waals surface area contributed by atoms with Gasteiger partial charge in [-0.2, -0.15) is 0 Å². The van der Waals surface area contributed by atoms with E-state index < -0.39 is 5.92 Å². The van der Waals surface area contributed by atoms with Crippen LogP contribution in [0.5, 0.6) is 0 Å². The molecule has 1 unspecified atom stereocenters. The van der Waals surface area contributed by atoms with E-state index in [0.717, 1.165) is 17.4 Å². The van der Waals surface area contributed by atoms with Crippen LogP contribution in [-0.2, 0) is 0 Å². The van der Waals surface area contributed by atoms with Crippen LogP contribution in [0.25, 0.3) is 0 Å². The van der Waals surface area contributed by atoms with Crippen LogP contribution < -0.4 is 0 Å². The fourth-order valence-electron chi connectivity index (χ4n) is 1.05. The van der Waals surface area contributed by atoms with E-state index in [1.807, 2.05) is 13.0 Å². The lowest BCUT2D eigenvalue weighted by molar-refractivity contribution is 0.0132. The fourth-order valence-corrected chi connectivity index (χ4v) is 3.23. The third kappa shape index (κ3) is 3.48. The highest BCUT2D eigenvalue weighted by atomic mass is 79.9. The molecule has 5 heteroatoms. The lowest BCUT2D eigenvalue weighted by Crippen LogP contribution is -2.11. The van der Waals surface area contributed by atoms with Gasteiger partial charge in [0.15, 0.2) is 0 Å². The second-order valence-electron chi connectivity index (χ2n) is 3.35. The van der Waals surface area contributed by atoms with E-state index in [-0.39, 0.29) is 11.2 Å². The van der Waals surface area contributed by atoms with E-state index in [1.54, 1.807) is 0 Å². The van der Waals surface area contributed by atoms with Gasteiger partial charge in [-0.25, -0.2) is 8.78 Å². The van der Waals surface area contributed by atoms with E-state index in [9.17, 15) is 8.78 Å². The van der Waals surface area contributed by atoms with Gasteiger partial charge in [-0.3, -0.25) is 0 Å². The van der Waals surface area contributed by atoms with E-state index in [4.69, 9.17) is 11.6 Å². The second-order valence-corrected chi connectivity index (χ2v) is 6.14. The molecule has 0 saturated heterocycles. The predicted octanol–water partition coefficient (Wildman–Crippen LogP) is 5.19. The molecular weight excluding hydrogens is 294 g/mol. The molecule has 0 aromatic carbocycles. The summed E-state index contributed by atoms with van der Waals surface area (Å²) >= 11 is 10.4. The first-order chi connectivity index (χ1) is 6.29. The number of thiophene rings is 1. The van der Waals surface area contributed by atoms with Crippen molar-refractivity contribution in [2.45, 2.75) is 31.0 Å². The highest BCUT2D eigenvalue weighted by Gasteiger charge is 2.27. The van der Waals surface area contributed by atoms with Crippen molar-refractivity contribution in [1.29, 1.82) is 0 Å². The maximum Gasteiger partial charge on any atom is 0.246 e. The average molecular weight is 304 g/mol. The van der Waals surface area contributed by atoms with Crippen molar-refractivity contribution >= 4 is 38.9 Å². The van der Waals surface area contributed by atoms with Crippen LogP contribution in [0.1, 0.15) is 28.6 Å². The zero-order valence-corrected chi connectivity index (χ0v) is 10.9. The number of rotatable bonds is 3. The molecule has 0 fully saturated rings. The molecule has 0 radical (unpaired) electrons. The largest absolute Gasteiger partial charge is 0.246 e. The van der Waals surface area contributed by atoms with Crippen molar-refractivity contribution in [3.8, 4) is 0 Å². The summed E-state index contributed by atoms with van der Waals surface area (Å²) in [6.07, 6.45) is -0.205. The highest BCUT2D eigenvalue weighted by Crippen LogP contribution is 2.40. The molecule has 14 heavy (non-hydrogen) atoms. The third-order valence-electron chi connectivity index (χ3n) is 1.72. The molecule has 1 atom stereocenters. The molecular formula is C9H10BrClF2S. The average Bonchev–Trinajstić information content (AvgIpc) is 2.28. The molecule has 1 rings (SSSR count). The molecule has 0 amide bonds. The van der Waals surface area contributed by atoms with Gasteiger partial charge in [0.1, 0.15) is 0 Å². The van der Waals surface area contributed by atoms with Gasteiger partial charge in [-0.1, -0.05) is 27.5 Å². The van der Waals surface area contributed by atoms with Gasteiger partial charge < -0.3 is 0 Å². The Bertz CT molecular complexity index is 300. The van der Waals surface area contributed by atoms with Crippen molar-refractivity contribution in [2.24, 2.45) is 0 Å². The molecule has 0 aliphatic heterocycles. The number of aryl methyl sites for hydroxylation is 1. The normalized spacial score (nSPS) is 14.4. The molecule has 0 aliphatic carbocycles. The van der Waals surface area contributed by atoms with Crippen molar-refractivity contribution in [1.82, 2.24) is 0 Å². The van der Waals surface area contributed by atoms with Gasteiger partial charge in [-0.05, 0) is 25.5 Å². The Kier molecular flexibility index (Phi) is 3.95. The summed E-state index contributed by atoms with van der Waals surface area (Å²) in [5, 5.41) is 0. The summed E-state index contributed by atoms with van der Waals surface area (Å²) in [6, 6.07) is 1.85. The van der Waals surface area contributed by atoms with Crippen molar-refractivity contribution in [3.63, 3.8) is 0 Å². The number of alkyl halides is 3. The first kappa shape index (κ1) is 12.4. The Labute approximate surface area is 99.4 Å². The second kappa shape index (κ2) is 4.45. The van der Waals surface area contributed by atoms with E-state index in [2.05, 4.69) is 15.9 Å². The first-order valence-electron chi connectivity index (χ1n) is 4.07. The summed E-state index contributed by atoms with van der Waals surface area (Å²) in [5.74, 6) is -2.65. The van der Waals surface area contributed by atoms with Crippen molar-refractivity contribution in [2.75, 3.05) is 0 Å². The van der Waals surface area contributed by atoms with Crippen LogP contribution in [0.2, 0.25) is 4.34 Å². The number of halogens is 4. The fraction of sp³-hybridized carbons (Fsp3) is 0.556. The van der Waals surface area contributed by atoms with Gasteiger partial charge in [0.05, 0.1) is 9.16 Å². The lowest BCUT2D eigenvalue weighted by atomic mass is 10.2. The maximum atomic E-state index is 12.7. The Hall–Kier alpha value is 0.330. The Morgan fingerprint density at radius 1 is 1.64 bits per heavy atom. The molecule has 80 valence electrons. The number of hydrogen-bond donors (Lipinski definition) is 0. The monoisotopic (exact) mass is 302 g/mol. The Morgan fingerprint density at radius 3 is 2.57 bits per heavy atom. The topological polar surface area (TPSA) is 0 Å². The molecule has 0 saturated carbocycles. The number of hydrogen-bond acceptors (Lipinski definition) is 1. The lowest BCUT2D eigenvalue weighted by Gasteiger charge is -2.13. The molecule has 0 N–H and O–H groups in total. The molecule has 1 aromatic heterocycles. The van der Waals surface area contributed by atoms with Gasteiger partial charge in [0.25, 0.3) is 0 Å². The highest BCUT2D eigenvalue weighted by molar-refractivity contribution is 9.09. The molecule has 1 heterocycles. The standard InChI is InChI=1S/C9H10BrClF2S/c1-5-3-7(14-8(5)11)6(10)4-9(2,12)13/h3,6H,4H2,1-2H3. The Balaban J connectivity index is 2.75. The Morgan fingerprint density at radius 2 is 2.21 bits per heavy atom. The summed E-state index contributed by atoms with van der Waals surface area (Å²) in [4.78, 5) is 0.535. The van der Waals surface area contributed by atoms with Crippen LogP contribution >= 0.6 is 38.9 Å².